The molecule has 0 saturated carbocycles. The number of carbonyl (C=O) groups is 9. The summed E-state index contributed by atoms with van der Waals surface area (Å²) in [4.78, 5) is 124. The van der Waals surface area contributed by atoms with Crippen molar-refractivity contribution in [2.24, 2.45) is 0 Å². The molecule has 0 fully saturated rings. The predicted molar refractivity (Wildman–Crippen MR) is 363 cm³/mol. The SMILES string of the molecule is CC(C)OC(=O)c1cc(F)c(F)c(F)n1.CC(C)OC(=O)c1ccc(F)cn1.CC(C)OC(=O)c1nc(F)ccc1F.CF.O=C(Cl)c1cc(Cl)c(Cl)c(Cl)n1.O=C(Cl)c1ccc(Cl)cn1.O=C(Cl)c1nc(Cl)ccc1Cl.O=C(F)c1cc(F)c(F)c(F)n1.O=C(F)c1ccc(F)cn1.O=C(F)c1nc(F)ccc1F. The number of carbonyl (C=O) groups excluding carboxylic acids is 9. The van der Waals surface area contributed by atoms with Gasteiger partial charge in [0.1, 0.15) is 56.1 Å². The maximum absolute atomic E-state index is 12.9. The van der Waals surface area contributed by atoms with E-state index in [0.717, 1.165) is 36.7 Å². The molecule has 9 aromatic heterocycles. The summed E-state index contributed by atoms with van der Waals surface area (Å²) < 4.78 is 208. The van der Waals surface area contributed by atoms with Gasteiger partial charge in [0.25, 0.3) is 27.6 Å². The van der Waals surface area contributed by atoms with Gasteiger partial charge in [-0.25, -0.2) is 80.6 Å². The molecule has 110 heavy (non-hydrogen) atoms. The fourth-order valence-electron chi connectivity index (χ4n) is 5.69. The molecule has 0 amide bonds. The van der Waals surface area contributed by atoms with Gasteiger partial charge < -0.3 is 14.2 Å². The molecule has 0 unspecified atom stereocenters. The van der Waals surface area contributed by atoms with Crippen LogP contribution in [0.5, 0.6) is 0 Å². The number of nitrogens with zero attached hydrogens (tertiary/aromatic N) is 9. The number of aromatic nitrogens is 9. The highest BCUT2D eigenvalue weighted by atomic mass is 35.5. The highest BCUT2D eigenvalue weighted by Crippen LogP contribution is 2.29. The molecule has 0 spiro atoms. The van der Waals surface area contributed by atoms with E-state index in [-0.39, 0.29) is 66.0 Å². The molecule has 0 aliphatic heterocycles. The zero-order chi connectivity index (χ0) is 84.7. The Hall–Kier alpha value is -9.73. The Morgan fingerprint density at radius 2 is 0.764 bits per heavy atom. The zero-order valence-electron chi connectivity index (χ0n) is 55.5. The van der Waals surface area contributed by atoms with E-state index < -0.39 is 157 Å². The second-order valence-corrected chi connectivity index (χ2v) is 22.7. The summed E-state index contributed by atoms with van der Waals surface area (Å²) in [7, 11) is 0.500. The number of alkyl halides is 1. The minimum Gasteiger partial charge on any atom is -0.458 e. The molecule has 0 radical (unpaired) electrons. The summed E-state index contributed by atoms with van der Waals surface area (Å²) in [5, 5.41) is -0.895. The first-order valence-electron chi connectivity index (χ1n) is 28.2. The topological polar surface area (TPSA) is 297 Å². The molecule has 590 valence electrons. The van der Waals surface area contributed by atoms with Crippen LogP contribution in [0.25, 0.3) is 0 Å². The average molecular weight is 1750 g/mol. The van der Waals surface area contributed by atoms with Crippen LogP contribution in [0, 0.1) is 70.3 Å². The first-order valence-corrected chi connectivity index (χ1v) is 31.6. The highest BCUT2D eigenvalue weighted by Gasteiger charge is 2.21. The van der Waals surface area contributed by atoms with Gasteiger partial charge in [-0.2, -0.15) is 39.5 Å². The maximum Gasteiger partial charge on any atom is 0.360 e. The van der Waals surface area contributed by atoms with E-state index in [4.69, 9.17) is 109 Å². The Labute approximate surface area is 653 Å². The summed E-state index contributed by atoms with van der Waals surface area (Å²) in [5.41, 5.74) is -3.50. The van der Waals surface area contributed by atoms with Crippen molar-refractivity contribution in [3.05, 3.63) is 262 Å². The van der Waals surface area contributed by atoms with Crippen molar-refractivity contribution >= 4 is 156 Å². The van der Waals surface area contributed by atoms with Crippen LogP contribution < -0.4 is 0 Å². The number of hydrogen-bond acceptors (Lipinski definition) is 21. The molecule has 0 aromatic carbocycles. The molecule has 0 aliphatic carbocycles. The third-order valence-corrected chi connectivity index (χ3v) is 12.5. The van der Waals surface area contributed by atoms with Crippen LogP contribution in [0.4, 0.5) is 70.2 Å². The Balaban J connectivity index is 0.00000121. The molecule has 21 nitrogen and oxygen atoms in total. The first-order chi connectivity index (χ1) is 51.2. The van der Waals surface area contributed by atoms with Gasteiger partial charge in [0.15, 0.2) is 40.4 Å². The lowest BCUT2D eigenvalue weighted by molar-refractivity contribution is 0.0354. The van der Waals surface area contributed by atoms with Gasteiger partial charge in [-0.1, -0.05) is 69.6 Å². The molecule has 0 aliphatic rings. The van der Waals surface area contributed by atoms with Crippen molar-refractivity contribution < 1.29 is 128 Å². The molecule has 0 saturated heterocycles. The molecule has 0 N–H and O–H groups in total. The van der Waals surface area contributed by atoms with Crippen LogP contribution in [0.1, 0.15) is 136 Å². The van der Waals surface area contributed by atoms with Crippen LogP contribution in [0.3, 0.4) is 0 Å². The fourth-order valence-corrected chi connectivity index (χ4v) is 7.07. The van der Waals surface area contributed by atoms with Crippen molar-refractivity contribution in [3.8, 4) is 0 Å². The third kappa shape index (κ3) is 38.6. The van der Waals surface area contributed by atoms with E-state index >= 15 is 0 Å². The lowest BCUT2D eigenvalue weighted by Crippen LogP contribution is -2.15. The molecule has 0 atom stereocenters. The summed E-state index contributed by atoms with van der Waals surface area (Å²) >= 11 is 48.6. The van der Waals surface area contributed by atoms with E-state index in [2.05, 4.69) is 54.3 Å². The Morgan fingerprint density at radius 3 is 1.14 bits per heavy atom. The second-order valence-electron chi connectivity index (χ2n) is 19.3. The number of halogens is 25. The molecule has 46 heteroatoms. The van der Waals surface area contributed by atoms with Crippen molar-refractivity contribution in [3.63, 3.8) is 0 Å². The van der Waals surface area contributed by atoms with E-state index in [9.17, 15) is 113 Å². The van der Waals surface area contributed by atoms with E-state index in [0.29, 0.717) is 30.4 Å². The van der Waals surface area contributed by atoms with Crippen LogP contribution in [0.15, 0.2) is 110 Å². The highest BCUT2D eigenvalue weighted by molar-refractivity contribution is 6.69. The monoisotopic (exact) mass is 1750 g/mol. The quantitative estimate of drug-likeness (QED) is 0.0361. The maximum atomic E-state index is 12.9. The molecule has 9 aromatic rings. The number of rotatable bonds is 12. The average Bonchev–Trinajstić information content (AvgIpc) is 0.853. The van der Waals surface area contributed by atoms with Crippen LogP contribution in [0.2, 0.25) is 30.4 Å². The van der Waals surface area contributed by atoms with Gasteiger partial charge in [-0.05, 0) is 155 Å². The lowest BCUT2D eigenvalue weighted by Gasteiger charge is -2.07. The van der Waals surface area contributed by atoms with Crippen LogP contribution in [-0.4, -0.2) is 122 Å². The second kappa shape index (κ2) is 50.9. The van der Waals surface area contributed by atoms with Crippen molar-refractivity contribution in [2.75, 3.05) is 7.18 Å². The van der Waals surface area contributed by atoms with E-state index in [1.807, 2.05) is 0 Å². The van der Waals surface area contributed by atoms with Crippen LogP contribution in [-0.2, 0) is 14.2 Å². The molecule has 9 heterocycles. The first kappa shape index (κ1) is 100. The molecular weight excluding hydrogens is 1710 g/mol. The number of pyridine rings is 9. The lowest BCUT2D eigenvalue weighted by atomic mass is 10.3. The number of esters is 3. The molecule has 0 bridgehead atoms. The fraction of sp³-hybridized carbons (Fsp3) is 0.156. The smallest absolute Gasteiger partial charge is 0.360 e. The Bertz CT molecular complexity index is 4410. The number of ether oxygens (including phenoxy) is 3. The Kier molecular flexibility index (Phi) is 46.4. The van der Waals surface area contributed by atoms with Gasteiger partial charge in [0.2, 0.25) is 23.5 Å². The zero-order valence-corrected chi connectivity index (χ0v) is 62.3. The summed E-state index contributed by atoms with van der Waals surface area (Å²) in [6, 6.07) is 9.46. The van der Waals surface area contributed by atoms with E-state index in [1.165, 1.54) is 42.6 Å². The molecular formula is C64H42Cl9F16N9O12. The van der Waals surface area contributed by atoms with E-state index in [1.54, 1.807) is 47.6 Å². The van der Waals surface area contributed by atoms with Gasteiger partial charge in [0, 0.05) is 18.3 Å². The Morgan fingerprint density at radius 1 is 0.355 bits per heavy atom. The van der Waals surface area contributed by atoms with Gasteiger partial charge >= 0.3 is 36.0 Å². The normalized spacial score (nSPS) is 9.85. The standard InChI is InChI=1S/C9H8F3NO2.C9H9F2NO2.C9H10FNO2.C6HCl4NO.C6H2Cl3NO.C6H3Cl2NO.C6HF4NO.C6H2F3NO.C6H3F2NO.CH3F/c1-4(2)15-9(14)6-3-5(10)7(11)8(12)13-6;1-5(2)14-9(13)8-6(10)3-4-7(11)12-8;1-6(2)13-9(12)8-4-3-7(10)5-11-8;7-2-1-3(6(10)12)11-5(9)4(2)8;7-3-1-2-4(8)10-5(3)6(9)11;7-4-1-2-5(6(8)10)9-3-4;7-2-1-3(6(10)12)11-5(9)4(2)8;7-3-1-2-4(8)10-5(3)6(9)11;7-4-1-2-5(6(8)10)9-3-4;1-2/h3-4H,1-2H3;3-5H,1-2H3;3-6H,1-2H3;1H;1-2H;1-3H;1H;1-2H;1-3H;1H3. The van der Waals surface area contributed by atoms with Crippen molar-refractivity contribution in [1.29, 1.82) is 0 Å². The number of hydrogen-bond donors (Lipinski definition) is 0. The minimum absolute atomic E-state index is 0.0131. The van der Waals surface area contributed by atoms with Gasteiger partial charge in [-0.3, -0.25) is 38.1 Å². The van der Waals surface area contributed by atoms with Crippen molar-refractivity contribution in [1.82, 2.24) is 44.9 Å². The molecule has 9 rings (SSSR count). The minimum atomic E-state index is -2.12. The third-order valence-electron chi connectivity index (χ3n) is 10.1. The summed E-state index contributed by atoms with van der Waals surface area (Å²) in [5.74, 6) is -17.8. The predicted octanol–water partition coefficient (Wildman–Crippen LogP) is 19.1. The summed E-state index contributed by atoms with van der Waals surface area (Å²) in [6.45, 7) is 9.81. The summed E-state index contributed by atoms with van der Waals surface area (Å²) in [6.07, 6.45) is 2.10. The van der Waals surface area contributed by atoms with Gasteiger partial charge in [0.05, 0.1) is 58.0 Å². The van der Waals surface area contributed by atoms with Gasteiger partial charge in [-0.15, -0.1) is 0 Å². The van der Waals surface area contributed by atoms with Crippen molar-refractivity contribution in [2.45, 2.75) is 59.9 Å². The van der Waals surface area contributed by atoms with Crippen LogP contribution >= 0.6 is 104 Å². The largest absolute Gasteiger partial charge is 0.458 e.